The molecule has 2 aromatic rings. The normalized spacial score (nSPS) is 29.3. The molecule has 2 aromatic carbocycles. The fraction of sp³-hybridized carbons (Fsp3) is 0.545. The number of hydrogen-bond donors (Lipinski definition) is 6. The number of Topliss-reactive ketones (excluding diaryl/α,β-unsaturated/α-hetero) is 1. The smallest absolute Gasteiger partial charge is 0.201 e. The number of carbonyl (C=O) groups is 3. The van der Waals surface area contributed by atoms with Crippen molar-refractivity contribution in [2.45, 2.75) is 108 Å². The summed E-state index contributed by atoms with van der Waals surface area (Å²) in [4.78, 5) is 39.7. The molecule has 46 heavy (non-hydrogen) atoms. The Morgan fingerprint density at radius 3 is 2.50 bits per heavy atom. The first kappa shape index (κ1) is 34.1. The zero-order valence-electron chi connectivity index (χ0n) is 26.1. The molecule has 1 aliphatic heterocycles. The third-order valence-electron chi connectivity index (χ3n) is 8.91. The molecule has 2 aliphatic carbocycles. The van der Waals surface area contributed by atoms with Crippen LogP contribution in [0.25, 0.3) is 0 Å². The van der Waals surface area contributed by atoms with Gasteiger partial charge >= 0.3 is 0 Å². The molecule has 5 unspecified atom stereocenters. The van der Waals surface area contributed by atoms with Crippen molar-refractivity contribution in [2.75, 3.05) is 6.61 Å². The molecule has 13 heteroatoms. The lowest BCUT2D eigenvalue weighted by atomic mass is 9.72. The summed E-state index contributed by atoms with van der Waals surface area (Å²) in [6, 6.07) is 4.83. The van der Waals surface area contributed by atoms with Crippen molar-refractivity contribution in [3.63, 3.8) is 0 Å². The number of nitrogens with two attached hydrogens (primary N) is 1. The minimum atomic E-state index is -1.90. The summed E-state index contributed by atoms with van der Waals surface area (Å²) in [5.41, 5.74) is 4.31. The van der Waals surface area contributed by atoms with Gasteiger partial charge in [-0.3, -0.25) is 14.4 Å². The Hall–Kier alpha value is -3.27. The maximum absolute atomic E-state index is 13.6. The molecule has 0 aromatic heterocycles. The molecule has 1 saturated heterocycles. The molecule has 1 heterocycles. The molecule has 13 nitrogen and oxygen atoms in total. The average Bonchev–Trinajstić information content (AvgIpc) is 2.96. The first-order valence-corrected chi connectivity index (χ1v) is 15.3. The van der Waals surface area contributed by atoms with E-state index < -0.39 is 83.6 Å². The third kappa shape index (κ3) is 6.34. The monoisotopic (exact) mass is 643 g/mol. The summed E-state index contributed by atoms with van der Waals surface area (Å²) in [5.74, 6) is -2.84. The average molecular weight is 644 g/mol. The van der Waals surface area contributed by atoms with Crippen molar-refractivity contribution >= 4 is 17.3 Å². The standard InChI is InChI=1S/C33H41NO12/c1-14(36)8-24(43-15(2)13-35)46-32-16(3)44-25(10-21(32)34)45-23-12-33(42,17(4)37)11-18-9-20-28(30(40)26(18)23)31(41)27-19(29(20)39)6-5-7-22(27)38/h5-7,9,14-16,21,23-25,32,35-36,38,40,42H,8,10-13,34H2,1-4H3/t14?,15-,16?,21?,23+,24-,25?,32?,33+/m1/s1. The van der Waals surface area contributed by atoms with E-state index in [1.165, 1.54) is 31.2 Å². The quantitative estimate of drug-likeness (QED) is 0.173. The predicted molar refractivity (Wildman–Crippen MR) is 160 cm³/mol. The van der Waals surface area contributed by atoms with E-state index >= 15 is 0 Å². The van der Waals surface area contributed by atoms with Crippen LogP contribution in [0.2, 0.25) is 0 Å². The maximum atomic E-state index is 13.6. The highest BCUT2D eigenvalue weighted by Crippen LogP contribution is 2.48. The molecular weight excluding hydrogens is 602 g/mol. The van der Waals surface area contributed by atoms with E-state index in [1.807, 2.05) is 0 Å². The van der Waals surface area contributed by atoms with Crippen LogP contribution in [0.3, 0.4) is 0 Å². The van der Waals surface area contributed by atoms with Gasteiger partial charge in [0.1, 0.15) is 23.2 Å². The molecule has 0 amide bonds. The van der Waals surface area contributed by atoms with Crippen LogP contribution in [-0.2, 0) is 30.2 Å². The lowest BCUT2D eigenvalue weighted by Gasteiger charge is -2.43. The number of fused-ring (bicyclic) bond motifs is 3. The number of carbonyl (C=O) groups excluding carboxylic acids is 3. The van der Waals surface area contributed by atoms with E-state index in [9.17, 15) is 39.9 Å². The van der Waals surface area contributed by atoms with Crippen LogP contribution in [0.5, 0.6) is 11.5 Å². The number of ether oxygens (including phenoxy) is 4. The lowest BCUT2D eigenvalue weighted by molar-refractivity contribution is -0.285. The van der Waals surface area contributed by atoms with Crippen LogP contribution < -0.4 is 5.73 Å². The first-order chi connectivity index (χ1) is 21.6. The summed E-state index contributed by atoms with van der Waals surface area (Å²) < 4.78 is 24.2. The number of aliphatic hydroxyl groups is 3. The molecule has 3 aliphatic rings. The Labute approximate surface area is 265 Å². The highest BCUT2D eigenvalue weighted by molar-refractivity contribution is 6.30. The van der Waals surface area contributed by atoms with Gasteiger partial charge in [0.25, 0.3) is 0 Å². The minimum Gasteiger partial charge on any atom is -0.507 e. The van der Waals surface area contributed by atoms with E-state index in [0.717, 1.165) is 0 Å². The highest BCUT2D eigenvalue weighted by Gasteiger charge is 2.48. The number of phenolic OH excluding ortho intramolecular Hbond substituents is 2. The maximum Gasteiger partial charge on any atom is 0.201 e. The van der Waals surface area contributed by atoms with Crippen molar-refractivity contribution in [2.24, 2.45) is 5.73 Å². The number of aliphatic hydroxyl groups excluding tert-OH is 2. The summed E-state index contributed by atoms with van der Waals surface area (Å²) >= 11 is 0. The van der Waals surface area contributed by atoms with E-state index in [-0.39, 0.29) is 65.7 Å². The van der Waals surface area contributed by atoms with Crippen molar-refractivity contribution in [1.82, 2.24) is 0 Å². The van der Waals surface area contributed by atoms with Gasteiger partial charge in [-0.25, -0.2) is 0 Å². The van der Waals surface area contributed by atoms with E-state index in [1.54, 1.807) is 20.8 Å². The number of aromatic hydroxyl groups is 2. The van der Waals surface area contributed by atoms with Gasteiger partial charge in [-0.05, 0) is 45.4 Å². The highest BCUT2D eigenvalue weighted by atomic mass is 16.7. The topological polar surface area (TPSA) is 215 Å². The third-order valence-corrected chi connectivity index (χ3v) is 8.91. The Balaban J connectivity index is 1.44. The molecular formula is C33H41NO12. The van der Waals surface area contributed by atoms with Crippen LogP contribution in [0.1, 0.15) is 96.0 Å². The van der Waals surface area contributed by atoms with Crippen LogP contribution in [0.4, 0.5) is 0 Å². The van der Waals surface area contributed by atoms with E-state index in [0.29, 0.717) is 0 Å². The molecule has 5 rings (SSSR count). The second kappa shape index (κ2) is 13.1. The van der Waals surface area contributed by atoms with Gasteiger partial charge in [-0.1, -0.05) is 12.1 Å². The summed E-state index contributed by atoms with van der Waals surface area (Å²) in [6.45, 7) is 5.92. The lowest BCUT2D eigenvalue weighted by Crippen LogP contribution is -2.55. The molecule has 0 saturated carbocycles. The predicted octanol–water partition coefficient (Wildman–Crippen LogP) is 1.54. The van der Waals surface area contributed by atoms with Gasteiger partial charge in [0.05, 0.1) is 42.1 Å². The SMILES string of the molecule is CC(=O)[C@]1(O)Cc2cc3c(c(O)c2[C@@H](OC2CC(N)C(O[C@H](CC(C)O)O[C@H](C)CO)C(C)O2)C1)C(=O)c1c(O)cccc1C3=O. The van der Waals surface area contributed by atoms with Crippen LogP contribution in [-0.4, -0.2) is 98.1 Å². The molecule has 0 bridgehead atoms. The van der Waals surface area contributed by atoms with Crippen molar-refractivity contribution < 1.29 is 58.9 Å². The number of phenols is 2. The number of rotatable bonds is 10. The molecule has 0 radical (unpaired) electrons. The number of ketones is 3. The zero-order valence-corrected chi connectivity index (χ0v) is 26.1. The molecule has 0 spiro atoms. The number of hydrogen-bond acceptors (Lipinski definition) is 13. The van der Waals surface area contributed by atoms with E-state index in [4.69, 9.17) is 24.7 Å². The molecule has 7 N–H and O–H groups in total. The van der Waals surface area contributed by atoms with Gasteiger partial charge in [-0.2, -0.15) is 0 Å². The van der Waals surface area contributed by atoms with Gasteiger partial charge < -0.3 is 50.2 Å². The summed E-state index contributed by atoms with van der Waals surface area (Å²) in [7, 11) is 0. The number of benzene rings is 2. The van der Waals surface area contributed by atoms with Crippen LogP contribution >= 0.6 is 0 Å². The minimum absolute atomic E-state index is 0.0236. The summed E-state index contributed by atoms with van der Waals surface area (Å²) in [5, 5.41) is 52.7. The van der Waals surface area contributed by atoms with Crippen molar-refractivity contribution in [3.8, 4) is 11.5 Å². The largest absolute Gasteiger partial charge is 0.507 e. The molecule has 1 fully saturated rings. The Bertz CT molecular complexity index is 1510. The molecule has 9 atom stereocenters. The van der Waals surface area contributed by atoms with Crippen LogP contribution in [0, 0.1) is 0 Å². The Morgan fingerprint density at radius 1 is 1.15 bits per heavy atom. The first-order valence-electron chi connectivity index (χ1n) is 15.3. The van der Waals surface area contributed by atoms with Crippen molar-refractivity contribution in [1.29, 1.82) is 0 Å². The fourth-order valence-electron chi connectivity index (χ4n) is 6.53. The Kier molecular flexibility index (Phi) is 9.69. The van der Waals surface area contributed by atoms with Gasteiger partial charge in [0, 0.05) is 48.4 Å². The Morgan fingerprint density at radius 2 is 1.87 bits per heavy atom. The second-order valence-electron chi connectivity index (χ2n) is 12.6. The molecule has 250 valence electrons. The van der Waals surface area contributed by atoms with Gasteiger partial charge in [0.15, 0.2) is 24.1 Å². The van der Waals surface area contributed by atoms with Gasteiger partial charge in [-0.15, -0.1) is 0 Å². The van der Waals surface area contributed by atoms with Gasteiger partial charge in [0.2, 0.25) is 5.78 Å². The van der Waals surface area contributed by atoms with Crippen molar-refractivity contribution in [3.05, 3.63) is 57.6 Å². The summed E-state index contributed by atoms with van der Waals surface area (Å²) in [6.07, 6.45) is -6.02. The zero-order chi connectivity index (χ0) is 33.7. The van der Waals surface area contributed by atoms with Crippen LogP contribution in [0.15, 0.2) is 24.3 Å². The van der Waals surface area contributed by atoms with E-state index in [2.05, 4.69) is 0 Å². The fourth-order valence-corrected chi connectivity index (χ4v) is 6.53. The second-order valence-corrected chi connectivity index (χ2v) is 12.6.